The third-order valence-corrected chi connectivity index (χ3v) is 2.76. The van der Waals surface area contributed by atoms with Crippen LogP contribution in [0.5, 0.6) is 0 Å². The summed E-state index contributed by atoms with van der Waals surface area (Å²) >= 11 is 0. The maximum atomic E-state index is 11.7. The van der Waals surface area contributed by atoms with E-state index in [0.717, 1.165) is 9.95 Å². The molecule has 0 amide bonds. The van der Waals surface area contributed by atoms with Gasteiger partial charge in [-0.1, -0.05) is 18.2 Å². The maximum absolute atomic E-state index is 11.7. The second-order valence-electron chi connectivity index (χ2n) is 3.98. The van der Waals surface area contributed by atoms with Crippen LogP contribution in [0.15, 0.2) is 51.8 Å². The predicted molar refractivity (Wildman–Crippen MR) is 71.4 cm³/mol. The normalized spacial score (nSPS) is 10.7. The van der Waals surface area contributed by atoms with Gasteiger partial charge in [-0.3, -0.25) is 5.41 Å². The van der Waals surface area contributed by atoms with Crippen molar-refractivity contribution >= 4 is 22.6 Å². The Hall–Kier alpha value is -2.89. The second-order valence-corrected chi connectivity index (χ2v) is 3.98. The molecule has 3 aromatic rings. The number of furan rings is 1. The van der Waals surface area contributed by atoms with Crippen LogP contribution in [0.25, 0.3) is 11.0 Å². The Morgan fingerprint density at radius 3 is 2.84 bits per heavy atom. The highest BCUT2D eigenvalue weighted by Gasteiger charge is 2.14. The molecular weight excluding hydrogens is 244 g/mol. The zero-order valence-electron chi connectivity index (χ0n) is 9.83. The molecule has 0 saturated carbocycles. The standard InChI is InChI=1S/C13H10N4O2/c14-11-5-6-16-13(18)17(11)12(15)10-7-8-3-1-2-4-9(8)19-10/h1-7,15H,14H2. The van der Waals surface area contributed by atoms with Crippen molar-refractivity contribution in [3.63, 3.8) is 0 Å². The summed E-state index contributed by atoms with van der Waals surface area (Å²) in [6.45, 7) is 0. The van der Waals surface area contributed by atoms with E-state index in [1.165, 1.54) is 12.3 Å². The van der Waals surface area contributed by atoms with E-state index >= 15 is 0 Å². The zero-order chi connectivity index (χ0) is 13.4. The molecule has 3 N–H and O–H groups in total. The summed E-state index contributed by atoms with van der Waals surface area (Å²) in [5.41, 5.74) is 5.74. The molecule has 0 aliphatic heterocycles. The van der Waals surface area contributed by atoms with Crippen molar-refractivity contribution in [1.82, 2.24) is 9.55 Å². The lowest BCUT2D eigenvalue weighted by atomic mass is 10.2. The molecule has 19 heavy (non-hydrogen) atoms. The average Bonchev–Trinajstić information content (AvgIpc) is 2.82. The Kier molecular flexibility index (Phi) is 2.42. The highest BCUT2D eigenvalue weighted by molar-refractivity contribution is 6.00. The third-order valence-electron chi connectivity index (χ3n) is 2.76. The smallest absolute Gasteiger partial charge is 0.355 e. The summed E-state index contributed by atoms with van der Waals surface area (Å²) in [5, 5.41) is 8.89. The molecule has 0 aliphatic rings. The van der Waals surface area contributed by atoms with Gasteiger partial charge in [0.2, 0.25) is 0 Å². The van der Waals surface area contributed by atoms with Crippen LogP contribution in [0.3, 0.4) is 0 Å². The number of hydrogen-bond acceptors (Lipinski definition) is 5. The summed E-state index contributed by atoms with van der Waals surface area (Å²) in [6, 6.07) is 10.5. The van der Waals surface area contributed by atoms with Crippen LogP contribution in [-0.4, -0.2) is 15.4 Å². The number of hydrogen-bond donors (Lipinski definition) is 2. The van der Waals surface area contributed by atoms with Crippen molar-refractivity contribution < 1.29 is 4.42 Å². The Labute approximate surface area is 107 Å². The molecule has 94 valence electrons. The number of aromatic nitrogens is 2. The number of nitrogens with zero attached hydrogens (tertiary/aromatic N) is 2. The van der Waals surface area contributed by atoms with Gasteiger partial charge in [0.1, 0.15) is 11.4 Å². The fourth-order valence-electron chi connectivity index (χ4n) is 1.85. The first-order valence-corrected chi connectivity index (χ1v) is 5.58. The lowest BCUT2D eigenvalue weighted by Crippen LogP contribution is -2.30. The quantitative estimate of drug-likeness (QED) is 0.507. The minimum absolute atomic E-state index is 0.133. The van der Waals surface area contributed by atoms with Crippen LogP contribution in [0.4, 0.5) is 5.82 Å². The predicted octanol–water partition coefficient (Wildman–Crippen LogP) is 1.45. The van der Waals surface area contributed by atoms with Gasteiger partial charge in [-0.15, -0.1) is 0 Å². The number of anilines is 1. The van der Waals surface area contributed by atoms with E-state index in [2.05, 4.69) is 4.98 Å². The first-order valence-electron chi connectivity index (χ1n) is 5.58. The van der Waals surface area contributed by atoms with Gasteiger partial charge >= 0.3 is 5.69 Å². The van der Waals surface area contributed by atoms with Crippen molar-refractivity contribution in [2.75, 3.05) is 5.73 Å². The maximum Gasteiger partial charge on any atom is 0.355 e. The Balaban J connectivity index is 2.16. The summed E-state index contributed by atoms with van der Waals surface area (Å²) < 4.78 is 6.52. The molecule has 2 heterocycles. The third kappa shape index (κ3) is 1.79. The van der Waals surface area contributed by atoms with Crippen molar-refractivity contribution in [2.45, 2.75) is 0 Å². The van der Waals surface area contributed by atoms with Gasteiger partial charge in [-0.05, 0) is 18.2 Å². The number of benzene rings is 1. The molecule has 0 atom stereocenters. The molecule has 0 bridgehead atoms. The molecule has 0 unspecified atom stereocenters. The second kappa shape index (κ2) is 4.09. The van der Waals surface area contributed by atoms with Gasteiger partial charge in [0.15, 0.2) is 11.6 Å². The van der Waals surface area contributed by atoms with Crippen LogP contribution in [0.2, 0.25) is 0 Å². The number of nitrogens with one attached hydrogen (secondary N) is 1. The fraction of sp³-hybridized carbons (Fsp3) is 0. The Morgan fingerprint density at radius 2 is 2.11 bits per heavy atom. The van der Waals surface area contributed by atoms with E-state index in [0.29, 0.717) is 5.58 Å². The number of para-hydroxylation sites is 1. The first-order chi connectivity index (χ1) is 9.16. The Morgan fingerprint density at radius 1 is 1.32 bits per heavy atom. The lowest BCUT2D eigenvalue weighted by Gasteiger charge is -2.06. The molecule has 6 heteroatoms. The van der Waals surface area contributed by atoms with Gasteiger partial charge in [-0.2, -0.15) is 0 Å². The number of fused-ring (bicyclic) bond motifs is 1. The molecule has 0 saturated heterocycles. The number of nitrogens with two attached hydrogens (primary N) is 1. The summed E-state index contributed by atoms with van der Waals surface area (Å²) in [5.74, 6) is 0.278. The molecule has 0 aliphatic carbocycles. The number of nitrogen functional groups attached to an aromatic ring is 1. The van der Waals surface area contributed by atoms with Gasteiger partial charge in [0.05, 0.1) is 0 Å². The van der Waals surface area contributed by atoms with E-state index in [4.69, 9.17) is 15.6 Å². The van der Waals surface area contributed by atoms with Crippen molar-refractivity contribution in [3.8, 4) is 0 Å². The Bertz CT molecular complexity index is 799. The average molecular weight is 254 g/mol. The van der Waals surface area contributed by atoms with Crippen molar-refractivity contribution in [1.29, 1.82) is 5.41 Å². The molecule has 1 aromatic carbocycles. The summed E-state index contributed by atoms with van der Waals surface area (Å²) in [4.78, 5) is 15.2. The first kappa shape index (κ1) is 11.2. The van der Waals surface area contributed by atoms with E-state index in [9.17, 15) is 4.79 Å². The summed E-state index contributed by atoms with van der Waals surface area (Å²) in [6.07, 6.45) is 1.31. The molecule has 2 aromatic heterocycles. The minimum atomic E-state index is -0.606. The van der Waals surface area contributed by atoms with E-state index in [-0.39, 0.29) is 17.4 Å². The number of rotatable bonds is 1. The highest BCUT2D eigenvalue weighted by atomic mass is 16.3. The molecule has 0 radical (unpaired) electrons. The topological polar surface area (TPSA) is 97.9 Å². The van der Waals surface area contributed by atoms with Gasteiger partial charge < -0.3 is 10.2 Å². The lowest BCUT2D eigenvalue weighted by molar-refractivity contribution is 0.599. The molecule has 3 rings (SSSR count). The van der Waals surface area contributed by atoms with Crippen LogP contribution < -0.4 is 11.4 Å². The largest absolute Gasteiger partial charge is 0.453 e. The monoisotopic (exact) mass is 254 g/mol. The summed E-state index contributed by atoms with van der Waals surface area (Å²) in [7, 11) is 0. The molecular formula is C13H10N4O2. The highest BCUT2D eigenvalue weighted by Crippen LogP contribution is 2.19. The zero-order valence-corrected chi connectivity index (χ0v) is 9.83. The van der Waals surface area contributed by atoms with Crippen molar-refractivity contribution in [2.24, 2.45) is 0 Å². The van der Waals surface area contributed by atoms with E-state index < -0.39 is 5.69 Å². The molecule has 0 spiro atoms. The molecule has 6 nitrogen and oxygen atoms in total. The van der Waals surface area contributed by atoms with Gasteiger partial charge in [0.25, 0.3) is 0 Å². The van der Waals surface area contributed by atoms with Crippen LogP contribution in [0, 0.1) is 5.41 Å². The SMILES string of the molecule is N=C(c1cc2ccccc2o1)n1c(N)ccnc1=O. The van der Waals surface area contributed by atoms with Crippen molar-refractivity contribution in [3.05, 3.63) is 58.8 Å². The van der Waals surface area contributed by atoms with E-state index in [1.54, 1.807) is 12.1 Å². The van der Waals surface area contributed by atoms with Crippen LogP contribution in [0.1, 0.15) is 5.76 Å². The fourth-order valence-corrected chi connectivity index (χ4v) is 1.85. The molecule has 0 fully saturated rings. The van der Waals surface area contributed by atoms with E-state index in [1.807, 2.05) is 18.2 Å². The van der Waals surface area contributed by atoms with Crippen LogP contribution >= 0.6 is 0 Å². The van der Waals surface area contributed by atoms with Gasteiger partial charge in [0, 0.05) is 11.6 Å². The minimum Gasteiger partial charge on any atom is -0.453 e. The van der Waals surface area contributed by atoms with Crippen LogP contribution in [-0.2, 0) is 0 Å². The van der Waals surface area contributed by atoms with Gasteiger partial charge in [-0.25, -0.2) is 14.3 Å².